The summed E-state index contributed by atoms with van der Waals surface area (Å²) in [6.07, 6.45) is 8.52. The van der Waals surface area contributed by atoms with Crippen LogP contribution in [0.1, 0.15) is 53.4 Å². The van der Waals surface area contributed by atoms with Crippen LogP contribution in [-0.2, 0) is 14.2 Å². The topological polar surface area (TPSA) is 27.7 Å². The second-order valence-electron chi connectivity index (χ2n) is 5.92. The summed E-state index contributed by atoms with van der Waals surface area (Å²) < 4.78 is 17.0. The van der Waals surface area contributed by atoms with E-state index in [4.69, 9.17) is 14.2 Å². The molecule has 3 heteroatoms. The average molecular weight is 300 g/mol. The standard InChI is InChI=1S/C18H36O3/c1-6-9-13-21-15-17(4)18(10-7-2,16-19-5)11-14-20-12-8-3/h6,9,17H,7-8,10-16H2,1-5H3. The van der Waals surface area contributed by atoms with Gasteiger partial charge in [0.25, 0.3) is 0 Å². The van der Waals surface area contributed by atoms with E-state index in [0.717, 1.165) is 52.1 Å². The van der Waals surface area contributed by atoms with E-state index >= 15 is 0 Å². The predicted octanol–water partition coefficient (Wildman–Crippen LogP) is 4.46. The Morgan fingerprint density at radius 1 is 1.05 bits per heavy atom. The molecule has 0 aromatic carbocycles. The molecule has 0 aliphatic heterocycles. The van der Waals surface area contributed by atoms with Crippen LogP contribution in [0.4, 0.5) is 0 Å². The van der Waals surface area contributed by atoms with Crippen LogP contribution in [0, 0.1) is 11.3 Å². The Labute approximate surface area is 132 Å². The Kier molecular flexibility index (Phi) is 13.1. The van der Waals surface area contributed by atoms with Gasteiger partial charge < -0.3 is 14.2 Å². The fraction of sp³-hybridized carbons (Fsp3) is 0.889. The minimum absolute atomic E-state index is 0.160. The minimum atomic E-state index is 0.160. The Morgan fingerprint density at radius 3 is 2.38 bits per heavy atom. The lowest BCUT2D eigenvalue weighted by molar-refractivity contribution is -0.0315. The molecule has 126 valence electrons. The molecule has 0 bridgehead atoms. The van der Waals surface area contributed by atoms with Crippen molar-refractivity contribution < 1.29 is 14.2 Å². The zero-order valence-electron chi connectivity index (χ0n) is 14.8. The Hall–Kier alpha value is -0.380. The Bertz CT molecular complexity index is 245. The third kappa shape index (κ3) is 8.60. The summed E-state index contributed by atoms with van der Waals surface area (Å²) in [5.74, 6) is 0.466. The zero-order valence-corrected chi connectivity index (χ0v) is 14.8. The van der Waals surface area contributed by atoms with Crippen LogP contribution >= 0.6 is 0 Å². The van der Waals surface area contributed by atoms with E-state index in [1.165, 1.54) is 0 Å². The van der Waals surface area contributed by atoms with E-state index in [2.05, 4.69) is 26.8 Å². The molecule has 0 saturated heterocycles. The fourth-order valence-electron chi connectivity index (χ4n) is 2.80. The van der Waals surface area contributed by atoms with Crippen molar-refractivity contribution in [3.05, 3.63) is 12.2 Å². The molecule has 0 aromatic rings. The number of allylic oxidation sites excluding steroid dienone is 1. The molecule has 0 aliphatic rings. The van der Waals surface area contributed by atoms with Gasteiger partial charge in [0.15, 0.2) is 0 Å². The van der Waals surface area contributed by atoms with Gasteiger partial charge in [-0.2, -0.15) is 0 Å². The lowest BCUT2D eigenvalue weighted by Crippen LogP contribution is -2.37. The summed E-state index contributed by atoms with van der Waals surface area (Å²) in [6.45, 7) is 12.6. The molecule has 0 aromatic heterocycles. The molecule has 2 atom stereocenters. The maximum Gasteiger partial charge on any atom is 0.0647 e. The van der Waals surface area contributed by atoms with Crippen LogP contribution in [-0.4, -0.2) is 40.1 Å². The molecular weight excluding hydrogens is 264 g/mol. The molecule has 0 rings (SSSR count). The largest absolute Gasteiger partial charge is 0.384 e. The smallest absolute Gasteiger partial charge is 0.0647 e. The second-order valence-corrected chi connectivity index (χ2v) is 5.92. The summed E-state index contributed by atoms with van der Waals surface area (Å²) in [5.41, 5.74) is 0.160. The number of rotatable bonds is 14. The molecule has 3 nitrogen and oxygen atoms in total. The van der Waals surface area contributed by atoms with Gasteiger partial charge in [-0.05, 0) is 32.1 Å². The van der Waals surface area contributed by atoms with Crippen LogP contribution in [0.15, 0.2) is 12.2 Å². The summed E-state index contributed by atoms with van der Waals surface area (Å²) in [5, 5.41) is 0. The summed E-state index contributed by atoms with van der Waals surface area (Å²) in [7, 11) is 1.80. The van der Waals surface area contributed by atoms with E-state index in [9.17, 15) is 0 Å². The highest BCUT2D eigenvalue weighted by molar-refractivity contribution is 4.85. The van der Waals surface area contributed by atoms with Gasteiger partial charge in [-0.25, -0.2) is 0 Å². The molecule has 0 fully saturated rings. The molecule has 0 heterocycles. The first-order valence-corrected chi connectivity index (χ1v) is 8.42. The van der Waals surface area contributed by atoms with Gasteiger partial charge in [0.2, 0.25) is 0 Å². The van der Waals surface area contributed by atoms with Gasteiger partial charge in [-0.15, -0.1) is 0 Å². The molecule has 0 aliphatic carbocycles. The van der Waals surface area contributed by atoms with E-state index < -0.39 is 0 Å². The van der Waals surface area contributed by atoms with Crippen molar-refractivity contribution in [2.45, 2.75) is 53.4 Å². The van der Waals surface area contributed by atoms with E-state index in [0.29, 0.717) is 12.5 Å². The van der Waals surface area contributed by atoms with Gasteiger partial charge in [0.1, 0.15) is 0 Å². The zero-order chi connectivity index (χ0) is 16.0. The van der Waals surface area contributed by atoms with Crippen LogP contribution in [0.25, 0.3) is 0 Å². The molecule has 0 spiro atoms. The third-order valence-corrected chi connectivity index (χ3v) is 4.14. The normalized spacial score (nSPS) is 16.2. The van der Waals surface area contributed by atoms with Gasteiger partial charge in [0.05, 0.1) is 19.8 Å². The minimum Gasteiger partial charge on any atom is -0.384 e. The van der Waals surface area contributed by atoms with Crippen molar-refractivity contribution >= 4 is 0 Å². The molecule has 0 amide bonds. The van der Waals surface area contributed by atoms with Gasteiger partial charge in [0, 0.05) is 25.7 Å². The van der Waals surface area contributed by atoms with Gasteiger partial charge >= 0.3 is 0 Å². The summed E-state index contributed by atoms with van der Waals surface area (Å²) >= 11 is 0. The van der Waals surface area contributed by atoms with Gasteiger partial charge in [-0.3, -0.25) is 0 Å². The van der Waals surface area contributed by atoms with Crippen molar-refractivity contribution in [2.24, 2.45) is 11.3 Å². The molecule has 0 N–H and O–H groups in total. The maximum absolute atomic E-state index is 5.78. The third-order valence-electron chi connectivity index (χ3n) is 4.14. The number of hydrogen-bond donors (Lipinski definition) is 0. The van der Waals surface area contributed by atoms with E-state index in [-0.39, 0.29) is 5.41 Å². The monoisotopic (exact) mass is 300 g/mol. The van der Waals surface area contributed by atoms with E-state index in [1.54, 1.807) is 7.11 Å². The van der Waals surface area contributed by atoms with Crippen LogP contribution < -0.4 is 0 Å². The highest BCUT2D eigenvalue weighted by Crippen LogP contribution is 2.37. The Balaban J connectivity index is 4.56. The van der Waals surface area contributed by atoms with Crippen LogP contribution in [0.5, 0.6) is 0 Å². The number of methoxy groups -OCH3 is 1. The summed E-state index contributed by atoms with van der Waals surface area (Å²) in [4.78, 5) is 0. The molecule has 2 unspecified atom stereocenters. The van der Waals surface area contributed by atoms with Crippen LogP contribution in [0.2, 0.25) is 0 Å². The highest BCUT2D eigenvalue weighted by atomic mass is 16.5. The molecule has 0 saturated carbocycles. The van der Waals surface area contributed by atoms with Gasteiger partial charge in [-0.1, -0.05) is 39.3 Å². The second kappa shape index (κ2) is 13.3. The molecule has 0 radical (unpaired) electrons. The average Bonchev–Trinajstić information content (AvgIpc) is 2.48. The predicted molar refractivity (Wildman–Crippen MR) is 89.7 cm³/mol. The summed E-state index contributed by atoms with van der Waals surface area (Å²) in [6, 6.07) is 0. The quantitative estimate of drug-likeness (QED) is 0.350. The van der Waals surface area contributed by atoms with Crippen molar-refractivity contribution in [2.75, 3.05) is 40.1 Å². The first-order valence-electron chi connectivity index (χ1n) is 8.42. The van der Waals surface area contributed by atoms with E-state index in [1.807, 2.05) is 13.0 Å². The highest BCUT2D eigenvalue weighted by Gasteiger charge is 2.35. The first kappa shape index (κ1) is 20.6. The SMILES string of the molecule is CC=CCOCC(C)C(CCC)(CCOCCC)COC. The number of hydrogen-bond acceptors (Lipinski definition) is 3. The Morgan fingerprint density at radius 2 is 1.81 bits per heavy atom. The molecular formula is C18H36O3. The maximum atomic E-state index is 5.78. The van der Waals surface area contributed by atoms with Crippen molar-refractivity contribution in [1.29, 1.82) is 0 Å². The molecule has 21 heavy (non-hydrogen) atoms. The van der Waals surface area contributed by atoms with Crippen molar-refractivity contribution in [3.63, 3.8) is 0 Å². The first-order chi connectivity index (χ1) is 10.2. The lowest BCUT2D eigenvalue weighted by Gasteiger charge is -2.38. The number of ether oxygens (including phenoxy) is 3. The van der Waals surface area contributed by atoms with Crippen molar-refractivity contribution in [1.82, 2.24) is 0 Å². The lowest BCUT2D eigenvalue weighted by atomic mass is 9.71. The van der Waals surface area contributed by atoms with Crippen LogP contribution in [0.3, 0.4) is 0 Å². The van der Waals surface area contributed by atoms with Crippen molar-refractivity contribution in [3.8, 4) is 0 Å². The fourth-order valence-corrected chi connectivity index (χ4v) is 2.80.